The first-order valence-electron chi connectivity index (χ1n) is 31.9. The lowest BCUT2D eigenvalue weighted by molar-refractivity contribution is 0.957. The van der Waals surface area contributed by atoms with Crippen molar-refractivity contribution in [1.29, 1.82) is 0 Å². The minimum absolute atomic E-state index is 0.889. The summed E-state index contributed by atoms with van der Waals surface area (Å²) in [5.41, 5.74) is 21.9. The third-order valence-electron chi connectivity index (χ3n) is 20.0. The molecule has 14 aromatic carbocycles. The molecule has 21 aromatic rings. The summed E-state index contributed by atoms with van der Waals surface area (Å²) in [6.07, 6.45) is 2.08. The topological polar surface area (TPSA) is 47.4 Å². The van der Waals surface area contributed by atoms with E-state index in [4.69, 9.17) is 4.98 Å². The Morgan fingerprint density at radius 1 is 0.183 bits per heavy atom. The summed E-state index contributed by atoms with van der Waals surface area (Å²) in [4.78, 5) is 5.43. The monoisotopic (exact) mass is 1180 g/mol. The molecule has 0 atom stereocenters. The fraction of sp³-hybridized carbons (Fsp3) is 0. The molecule has 432 valence electrons. The molecule has 8 nitrogen and oxygen atoms in total. The van der Waals surface area contributed by atoms with E-state index in [0.29, 0.717) is 0 Å². The van der Waals surface area contributed by atoms with Crippen LogP contribution in [0.1, 0.15) is 0 Å². The maximum atomic E-state index is 5.43. The van der Waals surface area contributed by atoms with Gasteiger partial charge in [0.15, 0.2) is 0 Å². The molecule has 0 unspecified atom stereocenters. The molecule has 0 aliphatic carbocycles. The van der Waals surface area contributed by atoms with Gasteiger partial charge in [-0.15, -0.1) is 0 Å². The molecule has 0 amide bonds. The highest BCUT2D eigenvalue weighted by Crippen LogP contribution is 2.54. The maximum absolute atomic E-state index is 5.43. The lowest BCUT2D eigenvalue weighted by Gasteiger charge is -2.32. The van der Waals surface area contributed by atoms with Crippen LogP contribution in [0.5, 0.6) is 0 Å². The molecule has 0 radical (unpaired) electrons. The number of hydrogen-bond acceptors (Lipinski definition) is 1. The van der Waals surface area contributed by atoms with E-state index < -0.39 is 0 Å². The molecular weight excluding hydrogens is 1130 g/mol. The average molecular weight is 1190 g/mol. The van der Waals surface area contributed by atoms with Crippen LogP contribution >= 0.6 is 0 Å². The van der Waals surface area contributed by atoms with Crippen molar-refractivity contribution in [2.75, 3.05) is 0 Å². The van der Waals surface area contributed by atoms with E-state index >= 15 is 0 Å². The molecule has 0 saturated heterocycles. The predicted octanol–water partition coefficient (Wildman–Crippen LogP) is 21.6. The number of fused-ring (bicyclic) bond motifs is 20. The van der Waals surface area contributed by atoms with Gasteiger partial charge in [0.2, 0.25) is 0 Å². The van der Waals surface area contributed by atoms with Crippen molar-refractivity contribution in [3.8, 4) is 39.8 Å². The van der Waals surface area contributed by atoms with Crippen molar-refractivity contribution < 1.29 is 0 Å². The Morgan fingerprint density at radius 2 is 0.452 bits per heavy atom. The fourth-order valence-electron chi connectivity index (χ4n) is 16.3. The number of imidazole rings is 1. The molecule has 93 heavy (non-hydrogen) atoms. The molecule has 0 fully saturated rings. The maximum Gasteiger partial charge on any atom is 0.101 e. The number of benzene rings is 14. The highest BCUT2D eigenvalue weighted by atomic mass is 15.2. The number of aromatic nitrogens is 8. The van der Waals surface area contributed by atoms with E-state index in [0.717, 1.165) is 171 Å². The van der Waals surface area contributed by atoms with Crippen LogP contribution < -0.4 is 0 Å². The van der Waals surface area contributed by atoms with Crippen molar-refractivity contribution in [2.24, 2.45) is 0 Å². The highest BCUT2D eigenvalue weighted by molar-refractivity contribution is 6.27. The summed E-state index contributed by atoms with van der Waals surface area (Å²) in [6.45, 7) is 0. The van der Waals surface area contributed by atoms with E-state index in [1.807, 2.05) is 0 Å². The van der Waals surface area contributed by atoms with Gasteiger partial charge in [0, 0.05) is 70.3 Å². The van der Waals surface area contributed by atoms with Crippen LogP contribution in [0, 0.1) is 0 Å². The Balaban J connectivity index is 1.15. The molecule has 21 rings (SSSR count). The molecular formula is C85H52N8. The van der Waals surface area contributed by atoms with Gasteiger partial charge in [0.25, 0.3) is 0 Å². The quantitative estimate of drug-likeness (QED) is 0.157. The van der Waals surface area contributed by atoms with Crippen molar-refractivity contribution in [3.63, 3.8) is 0 Å². The van der Waals surface area contributed by atoms with Gasteiger partial charge in [-0.25, -0.2) is 4.98 Å². The van der Waals surface area contributed by atoms with Crippen LogP contribution in [0.25, 0.3) is 182 Å². The smallest absolute Gasteiger partial charge is 0.101 e. The van der Waals surface area contributed by atoms with Gasteiger partial charge in [-0.05, 0) is 91.0 Å². The second-order valence-corrected chi connectivity index (χ2v) is 24.6. The van der Waals surface area contributed by atoms with E-state index in [1.165, 1.54) is 10.8 Å². The minimum atomic E-state index is 0.889. The van der Waals surface area contributed by atoms with Crippen molar-refractivity contribution >= 4 is 142 Å². The number of para-hydroxylation sites is 13. The van der Waals surface area contributed by atoms with Gasteiger partial charge in [-0.1, -0.05) is 218 Å². The van der Waals surface area contributed by atoms with Gasteiger partial charge in [-0.3, -0.25) is 4.57 Å². The lowest BCUT2D eigenvalue weighted by atomic mass is 10.0. The van der Waals surface area contributed by atoms with Crippen LogP contribution in [-0.4, -0.2) is 37.0 Å². The summed E-state index contributed by atoms with van der Waals surface area (Å²) in [6, 6.07) is 115. The Hall–Kier alpha value is -12.7. The third-order valence-corrected chi connectivity index (χ3v) is 20.0. The lowest BCUT2D eigenvalue weighted by Crippen LogP contribution is -2.20. The van der Waals surface area contributed by atoms with Crippen molar-refractivity contribution in [2.45, 2.75) is 0 Å². The first kappa shape index (κ1) is 50.2. The van der Waals surface area contributed by atoms with Crippen molar-refractivity contribution in [3.05, 3.63) is 316 Å². The average Bonchev–Trinajstić information content (AvgIpc) is 1.57. The highest BCUT2D eigenvalue weighted by Gasteiger charge is 2.38. The molecule has 0 spiro atoms. The Bertz CT molecular complexity index is 6290. The van der Waals surface area contributed by atoms with Gasteiger partial charge in [0.1, 0.15) is 6.33 Å². The molecule has 7 aromatic heterocycles. The normalized spacial score (nSPS) is 12.3. The molecule has 7 heterocycles. The third kappa shape index (κ3) is 6.69. The summed E-state index contributed by atoms with van der Waals surface area (Å²) in [5.74, 6) is 0. The Labute approximate surface area is 531 Å². The predicted molar refractivity (Wildman–Crippen MR) is 387 cm³/mol. The minimum Gasteiger partial charge on any atom is -0.309 e. The summed E-state index contributed by atoms with van der Waals surface area (Å²) < 4.78 is 18.0. The second-order valence-electron chi connectivity index (χ2n) is 24.6. The van der Waals surface area contributed by atoms with Gasteiger partial charge >= 0.3 is 0 Å². The Kier molecular flexibility index (Phi) is 10.2. The van der Waals surface area contributed by atoms with E-state index in [9.17, 15) is 0 Å². The summed E-state index contributed by atoms with van der Waals surface area (Å²) in [5, 5.41) is 13.9. The van der Waals surface area contributed by atoms with Gasteiger partial charge in [0.05, 0.1) is 111 Å². The van der Waals surface area contributed by atoms with Crippen LogP contribution in [0.2, 0.25) is 0 Å². The zero-order valence-corrected chi connectivity index (χ0v) is 50.1. The van der Waals surface area contributed by atoms with Crippen LogP contribution in [0.3, 0.4) is 0 Å². The SMILES string of the molecule is c1ccc(-n2c3ccccc3c3ccc4c(c5ccccc5n4-c4c(-n5c6ccccc6c6ccccc65)c(-n5c6ccccc6c6ccccc65)c(-n5cnc6ccccc65)c(-n5c6ccccc6c6ccccc65)c4-n4c5ccccc5c5ccccc54)c32)cc1. The molecule has 0 aliphatic rings. The fourth-order valence-corrected chi connectivity index (χ4v) is 16.3. The second kappa shape index (κ2) is 18.9. The Morgan fingerprint density at radius 3 is 0.828 bits per heavy atom. The summed E-state index contributed by atoms with van der Waals surface area (Å²) in [7, 11) is 0. The van der Waals surface area contributed by atoms with Crippen LogP contribution in [-0.2, 0) is 0 Å². The number of rotatable bonds is 7. The van der Waals surface area contributed by atoms with Crippen LogP contribution in [0.15, 0.2) is 316 Å². The van der Waals surface area contributed by atoms with E-state index in [2.05, 4.69) is 348 Å². The largest absolute Gasteiger partial charge is 0.309 e. The first-order valence-corrected chi connectivity index (χ1v) is 31.9. The molecule has 0 aliphatic heterocycles. The summed E-state index contributed by atoms with van der Waals surface area (Å²) >= 11 is 0. The number of hydrogen-bond donors (Lipinski definition) is 0. The molecule has 8 heteroatoms. The standard InChI is InChI=1S/C85H52N8/c1-2-26-53(27-3-1)88-66-39-15-12-36-62(66)63-50-51-77-78(79(63)88)64-37-13-24-48-75(64)93(77)85-83(91-71-44-20-8-32-58(71)59-33-9-21-45-72(59)91)81(89-67-40-16-4-28-54(67)55-29-5-17-41-68(55)89)80(87-52-86-65-38-14-25-49-76(65)87)82(90-69-42-18-6-30-56(69)57-31-7-19-43-70(57)90)84(85)92-73-46-22-10-34-60(73)61-35-11-23-47-74(61)92/h1-52H. The van der Waals surface area contributed by atoms with Gasteiger partial charge < -0.3 is 27.4 Å². The van der Waals surface area contributed by atoms with Crippen molar-refractivity contribution in [1.82, 2.24) is 37.0 Å². The zero-order valence-electron chi connectivity index (χ0n) is 50.1. The first-order chi connectivity index (χ1) is 46.3. The van der Waals surface area contributed by atoms with E-state index in [1.54, 1.807) is 0 Å². The zero-order chi connectivity index (χ0) is 60.6. The number of nitrogens with zero attached hydrogens (tertiary/aromatic N) is 8. The van der Waals surface area contributed by atoms with Crippen LogP contribution in [0.4, 0.5) is 0 Å². The van der Waals surface area contributed by atoms with Gasteiger partial charge in [-0.2, -0.15) is 0 Å². The molecule has 0 bridgehead atoms. The van der Waals surface area contributed by atoms with E-state index in [-0.39, 0.29) is 0 Å². The molecule has 0 N–H and O–H groups in total. The molecule has 0 saturated carbocycles.